The van der Waals surface area contributed by atoms with Gasteiger partial charge in [0.15, 0.2) is 6.61 Å². The Bertz CT molecular complexity index is 1220. The van der Waals surface area contributed by atoms with Crippen LogP contribution in [0.1, 0.15) is 44.1 Å². The van der Waals surface area contributed by atoms with Gasteiger partial charge in [-0.25, -0.2) is 8.42 Å². The summed E-state index contributed by atoms with van der Waals surface area (Å²) in [5, 5.41) is 0. The number of likely N-dealkylation sites (tertiary alicyclic amines) is 1. The molecule has 2 aromatic carbocycles. The van der Waals surface area contributed by atoms with Gasteiger partial charge < -0.3 is 9.64 Å². The summed E-state index contributed by atoms with van der Waals surface area (Å²) in [5.74, 6) is 0.483. The number of carbonyl (C=O) groups is 2. The molecule has 0 unspecified atom stereocenters. The number of fused-ring (bicyclic) bond motifs is 1. The average molecular weight is 526 g/mol. The average Bonchev–Trinajstić information content (AvgIpc) is 3.21. The number of sulfonamides is 1. The Morgan fingerprint density at radius 2 is 1.62 bits per heavy atom. The molecule has 3 aliphatic rings. The Balaban J connectivity index is 1.27. The van der Waals surface area contributed by atoms with E-state index >= 15 is 0 Å². The van der Waals surface area contributed by atoms with Gasteiger partial charge in [-0.3, -0.25) is 14.5 Å². The second kappa shape index (κ2) is 11.2. The van der Waals surface area contributed by atoms with Crippen LogP contribution < -0.4 is 9.64 Å². The van der Waals surface area contributed by atoms with Crippen LogP contribution in [0.4, 0.5) is 5.69 Å². The highest BCUT2D eigenvalue weighted by molar-refractivity contribution is 7.89. The molecule has 198 valence electrons. The smallest absolute Gasteiger partial charge is 0.265 e. The summed E-state index contributed by atoms with van der Waals surface area (Å²) in [7, 11) is -3.70. The third-order valence-electron chi connectivity index (χ3n) is 7.70. The Morgan fingerprint density at radius 3 is 2.32 bits per heavy atom. The Kier molecular flexibility index (Phi) is 7.81. The predicted octanol–water partition coefficient (Wildman–Crippen LogP) is 3.46. The van der Waals surface area contributed by atoms with E-state index in [-0.39, 0.29) is 29.9 Å². The van der Waals surface area contributed by atoms with Crippen LogP contribution in [-0.2, 0) is 26.0 Å². The second-order valence-corrected chi connectivity index (χ2v) is 12.2. The first-order chi connectivity index (χ1) is 17.9. The summed E-state index contributed by atoms with van der Waals surface area (Å²) in [6.45, 7) is 2.02. The third kappa shape index (κ3) is 5.83. The van der Waals surface area contributed by atoms with Crippen molar-refractivity contribution in [3.8, 4) is 5.75 Å². The van der Waals surface area contributed by atoms with Gasteiger partial charge in [0.25, 0.3) is 5.91 Å². The Hall–Kier alpha value is -2.91. The van der Waals surface area contributed by atoms with Gasteiger partial charge >= 0.3 is 0 Å². The van der Waals surface area contributed by atoms with E-state index in [1.807, 2.05) is 11.0 Å². The molecule has 37 heavy (non-hydrogen) atoms. The van der Waals surface area contributed by atoms with Crippen molar-refractivity contribution in [2.24, 2.45) is 5.92 Å². The highest BCUT2D eigenvalue weighted by Crippen LogP contribution is 2.35. The molecule has 9 heteroatoms. The molecule has 8 nitrogen and oxygen atoms in total. The lowest BCUT2D eigenvalue weighted by Gasteiger charge is -2.35. The summed E-state index contributed by atoms with van der Waals surface area (Å²) in [5.41, 5.74) is 1.66. The molecule has 0 bridgehead atoms. The fraction of sp³-hybridized carbons (Fsp3) is 0.500. The Labute approximate surface area is 219 Å². The molecule has 0 atom stereocenters. The molecule has 0 radical (unpaired) electrons. The summed E-state index contributed by atoms with van der Waals surface area (Å²) in [4.78, 5) is 29.4. The fourth-order valence-corrected chi connectivity index (χ4v) is 7.05. The zero-order valence-electron chi connectivity index (χ0n) is 21.2. The minimum atomic E-state index is -3.70. The van der Waals surface area contributed by atoms with E-state index in [0.29, 0.717) is 43.5 Å². The largest absolute Gasteiger partial charge is 0.482 e. The van der Waals surface area contributed by atoms with Crippen LogP contribution in [0, 0.1) is 5.92 Å². The first-order valence-electron chi connectivity index (χ1n) is 13.3. The molecule has 5 rings (SSSR count). The lowest BCUT2D eigenvalue weighted by Crippen LogP contribution is -2.48. The van der Waals surface area contributed by atoms with Crippen molar-refractivity contribution in [1.82, 2.24) is 9.21 Å². The SMILES string of the molecule is O=C(CN1C(=O)COc2ccc(S(=O)(=O)N3CCCCCC3)cc21)N1CCC(Cc2ccccc2)CC1. The number of nitrogens with zero attached hydrogens (tertiary/aromatic N) is 3. The fourth-order valence-electron chi connectivity index (χ4n) is 5.52. The summed E-state index contributed by atoms with van der Waals surface area (Å²) >= 11 is 0. The Morgan fingerprint density at radius 1 is 0.919 bits per heavy atom. The number of rotatable bonds is 6. The highest BCUT2D eigenvalue weighted by atomic mass is 32.2. The number of amides is 2. The zero-order valence-corrected chi connectivity index (χ0v) is 22.0. The predicted molar refractivity (Wildman–Crippen MR) is 141 cm³/mol. The minimum absolute atomic E-state index is 0.119. The van der Waals surface area contributed by atoms with Crippen LogP contribution in [-0.4, -0.2) is 68.8 Å². The van der Waals surface area contributed by atoms with E-state index in [1.165, 1.54) is 26.9 Å². The van der Waals surface area contributed by atoms with Crippen molar-refractivity contribution >= 4 is 27.5 Å². The number of hydrogen-bond donors (Lipinski definition) is 0. The maximum Gasteiger partial charge on any atom is 0.265 e. The van der Waals surface area contributed by atoms with Gasteiger partial charge in [0.2, 0.25) is 15.9 Å². The van der Waals surface area contributed by atoms with Gasteiger partial charge in [-0.1, -0.05) is 43.2 Å². The molecule has 0 N–H and O–H groups in total. The van der Waals surface area contributed by atoms with E-state index in [0.717, 1.165) is 44.9 Å². The molecule has 3 aliphatic heterocycles. The topological polar surface area (TPSA) is 87.2 Å². The van der Waals surface area contributed by atoms with Gasteiger partial charge in [0.05, 0.1) is 10.6 Å². The monoisotopic (exact) mass is 525 g/mol. The number of hydrogen-bond acceptors (Lipinski definition) is 5. The summed E-state index contributed by atoms with van der Waals surface area (Å²) in [6.07, 6.45) is 6.59. The van der Waals surface area contributed by atoms with Crippen molar-refractivity contribution in [2.75, 3.05) is 44.2 Å². The molecule has 3 heterocycles. The molecule has 2 fully saturated rings. The van der Waals surface area contributed by atoms with Crippen LogP contribution in [0.2, 0.25) is 0 Å². The van der Waals surface area contributed by atoms with Crippen molar-refractivity contribution in [3.63, 3.8) is 0 Å². The highest BCUT2D eigenvalue weighted by Gasteiger charge is 2.33. The maximum absolute atomic E-state index is 13.4. The van der Waals surface area contributed by atoms with Gasteiger partial charge in [-0.15, -0.1) is 0 Å². The van der Waals surface area contributed by atoms with E-state index in [1.54, 1.807) is 6.07 Å². The van der Waals surface area contributed by atoms with E-state index in [4.69, 9.17) is 4.74 Å². The number of carbonyl (C=O) groups excluding carboxylic acids is 2. The number of ether oxygens (including phenoxy) is 1. The first kappa shape index (κ1) is 25.7. The van der Waals surface area contributed by atoms with Crippen molar-refractivity contribution in [1.29, 1.82) is 0 Å². The molecule has 2 aromatic rings. The van der Waals surface area contributed by atoms with Crippen LogP contribution in [0.3, 0.4) is 0 Å². The van der Waals surface area contributed by atoms with Crippen molar-refractivity contribution < 1.29 is 22.7 Å². The standard InChI is InChI=1S/C28H35N3O5S/c32-27(29-16-12-23(13-17-29)18-22-8-4-3-5-9-22)20-31-25-19-24(10-11-26(25)36-21-28(31)33)37(34,35)30-14-6-1-2-7-15-30/h3-5,8-11,19,23H,1-2,6-7,12-18,20-21H2. The zero-order chi connectivity index (χ0) is 25.8. The van der Waals surface area contributed by atoms with E-state index in [2.05, 4.69) is 24.3 Å². The summed E-state index contributed by atoms with van der Waals surface area (Å²) in [6, 6.07) is 15.0. The molecular formula is C28H35N3O5S. The van der Waals surface area contributed by atoms with Crippen LogP contribution >= 0.6 is 0 Å². The molecule has 0 aliphatic carbocycles. The summed E-state index contributed by atoms with van der Waals surface area (Å²) < 4.78 is 33.8. The molecule has 0 aromatic heterocycles. The van der Waals surface area contributed by atoms with Gasteiger partial charge in [0.1, 0.15) is 12.3 Å². The van der Waals surface area contributed by atoms with Gasteiger partial charge in [-0.2, -0.15) is 4.31 Å². The van der Waals surface area contributed by atoms with E-state index in [9.17, 15) is 18.0 Å². The molecule has 0 saturated carbocycles. The van der Waals surface area contributed by atoms with Crippen LogP contribution in [0.15, 0.2) is 53.4 Å². The van der Waals surface area contributed by atoms with Crippen molar-refractivity contribution in [3.05, 3.63) is 54.1 Å². The lowest BCUT2D eigenvalue weighted by atomic mass is 9.90. The second-order valence-electron chi connectivity index (χ2n) is 10.2. The minimum Gasteiger partial charge on any atom is -0.482 e. The van der Waals surface area contributed by atoms with Crippen LogP contribution in [0.25, 0.3) is 0 Å². The third-order valence-corrected chi connectivity index (χ3v) is 9.60. The van der Waals surface area contributed by atoms with Crippen LogP contribution in [0.5, 0.6) is 5.75 Å². The lowest BCUT2D eigenvalue weighted by molar-refractivity contribution is -0.133. The molecule has 2 saturated heterocycles. The first-order valence-corrected chi connectivity index (χ1v) is 14.7. The number of benzene rings is 2. The normalized spacial score (nSPS) is 19.7. The molecular weight excluding hydrogens is 490 g/mol. The maximum atomic E-state index is 13.4. The molecule has 2 amide bonds. The number of anilines is 1. The number of piperidine rings is 1. The van der Waals surface area contributed by atoms with E-state index < -0.39 is 10.0 Å². The quantitative estimate of drug-likeness (QED) is 0.577. The van der Waals surface area contributed by atoms with Gasteiger partial charge in [-0.05, 0) is 61.8 Å². The molecule has 0 spiro atoms. The van der Waals surface area contributed by atoms with Crippen molar-refractivity contribution in [2.45, 2.75) is 49.8 Å². The van der Waals surface area contributed by atoms with Gasteiger partial charge in [0, 0.05) is 26.2 Å².